The molecular formula is C15H19BrN2O3. The number of aliphatic hydroxyl groups excluding tert-OH is 1. The molecule has 0 aliphatic carbocycles. The summed E-state index contributed by atoms with van der Waals surface area (Å²) in [5, 5.41) is 11.6. The van der Waals surface area contributed by atoms with Gasteiger partial charge in [-0.2, -0.15) is 0 Å². The van der Waals surface area contributed by atoms with Crippen molar-refractivity contribution in [3.8, 4) is 0 Å². The van der Waals surface area contributed by atoms with Gasteiger partial charge in [-0.25, -0.2) is 0 Å². The minimum Gasteiger partial charge on any atom is -0.396 e. The van der Waals surface area contributed by atoms with Crippen LogP contribution >= 0.6 is 15.9 Å². The number of nitrogens with one attached hydrogen (secondary N) is 1. The van der Waals surface area contributed by atoms with Crippen LogP contribution in [0.2, 0.25) is 0 Å². The fraction of sp³-hybridized carbons (Fsp3) is 0.467. The average molecular weight is 355 g/mol. The second-order valence-electron chi connectivity index (χ2n) is 5.28. The van der Waals surface area contributed by atoms with E-state index >= 15 is 0 Å². The predicted octanol–water partition coefficient (Wildman–Crippen LogP) is 1.41. The Hall–Kier alpha value is -1.24. The van der Waals surface area contributed by atoms with Crippen LogP contribution in [-0.2, 0) is 4.79 Å². The Balaban J connectivity index is 1.87. The molecular weight excluding hydrogens is 336 g/mol. The van der Waals surface area contributed by atoms with Gasteiger partial charge in [0.2, 0.25) is 5.91 Å². The number of carbonyl (C=O) groups is 2. The number of hydrogen-bond acceptors (Lipinski definition) is 4. The van der Waals surface area contributed by atoms with Crippen molar-refractivity contribution in [2.24, 2.45) is 5.92 Å². The summed E-state index contributed by atoms with van der Waals surface area (Å²) in [5.41, 5.74) is 0.442. The number of carbonyl (C=O) groups excluding carboxylic acids is 2. The van der Waals surface area contributed by atoms with E-state index in [4.69, 9.17) is 0 Å². The van der Waals surface area contributed by atoms with E-state index in [2.05, 4.69) is 21.2 Å². The molecule has 5 nitrogen and oxygen atoms in total. The summed E-state index contributed by atoms with van der Waals surface area (Å²) in [4.78, 5) is 25.9. The van der Waals surface area contributed by atoms with Crippen molar-refractivity contribution in [1.82, 2.24) is 10.2 Å². The topological polar surface area (TPSA) is 69.6 Å². The number of nitrogens with zero attached hydrogens (tertiary/aromatic N) is 1. The van der Waals surface area contributed by atoms with Crippen molar-refractivity contribution < 1.29 is 14.7 Å². The van der Waals surface area contributed by atoms with Gasteiger partial charge in [0, 0.05) is 17.6 Å². The first-order valence-corrected chi connectivity index (χ1v) is 7.81. The molecule has 0 bridgehead atoms. The normalized spacial score (nSPS) is 19.2. The molecule has 1 aromatic rings. The third kappa shape index (κ3) is 4.62. The number of imide groups is 1. The Kier molecular flexibility index (Phi) is 5.90. The SMILES string of the molecule is O=C(CN1CCCC(CO)C1)NC(=O)c1ccccc1Br. The lowest BCUT2D eigenvalue weighted by molar-refractivity contribution is -0.121. The zero-order valence-electron chi connectivity index (χ0n) is 11.7. The summed E-state index contributed by atoms with van der Waals surface area (Å²) in [6.45, 7) is 1.86. The minimum absolute atomic E-state index is 0.147. The molecule has 1 unspecified atom stereocenters. The molecule has 1 fully saturated rings. The molecule has 1 aliphatic heterocycles. The Bertz CT molecular complexity index is 521. The van der Waals surface area contributed by atoms with Gasteiger partial charge in [0.25, 0.3) is 5.91 Å². The molecule has 1 heterocycles. The van der Waals surface area contributed by atoms with Crippen LogP contribution in [0.15, 0.2) is 28.7 Å². The second kappa shape index (κ2) is 7.68. The fourth-order valence-electron chi connectivity index (χ4n) is 2.53. The minimum atomic E-state index is -0.400. The fourth-order valence-corrected chi connectivity index (χ4v) is 2.99. The van der Waals surface area contributed by atoms with Crippen molar-refractivity contribution in [2.75, 3.05) is 26.2 Å². The zero-order valence-corrected chi connectivity index (χ0v) is 13.3. The maximum Gasteiger partial charge on any atom is 0.259 e. The molecule has 6 heteroatoms. The lowest BCUT2D eigenvalue weighted by Gasteiger charge is -2.31. The van der Waals surface area contributed by atoms with Gasteiger partial charge in [0.15, 0.2) is 0 Å². The largest absolute Gasteiger partial charge is 0.396 e. The summed E-state index contributed by atoms with van der Waals surface area (Å²) in [5.74, 6) is -0.483. The van der Waals surface area contributed by atoms with E-state index in [-0.39, 0.29) is 25.0 Å². The molecule has 2 rings (SSSR count). The van der Waals surface area contributed by atoms with Crippen LogP contribution in [0, 0.1) is 5.92 Å². The molecule has 2 N–H and O–H groups in total. The Labute approximate surface area is 132 Å². The van der Waals surface area contributed by atoms with E-state index in [1.165, 1.54) is 0 Å². The highest BCUT2D eigenvalue weighted by Crippen LogP contribution is 2.16. The lowest BCUT2D eigenvalue weighted by Crippen LogP contribution is -2.44. The molecule has 1 saturated heterocycles. The van der Waals surface area contributed by atoms with Crippen molar-refractivity contribution in [1.29, 1.82) is 0 Å². The Morgan fingerprint density at radius 3 is 2.86 bits per heavy atom. The molecule has 114 valence electrons. The van der Waals surface area contributed by atoms with Crippen LogP contribution in [0.25, 0.3) is 0 Å². The number of aliphatic hydroxyl groups is 1. The van der Waals surface area contributed by atoms with Gasteiger partial charge in [-0.3, -0.25) is 19.8 Å². The standard InChI is InChI=1S/C15H19BrN2O3/c16-13-6-2-1-5-12(13)15(21)17-14(20)9-18-7-3-4-11(8-18)10-19/h1-2,5-6,11,19H,3-4,7-10H2,(H,17,20,21). The highest BCUT2D eigenvalue weighted by atomic mass is 79.9. The van der Waals surface area contributed by atoms with Gasteiger partial charge in [-0.05, 0) is 53.4 Å². The third-order valence-electron chi connectivity index (χ3n) is 3.60. The van der Waals surface area contributed by atoms with E-state index in [1.807, 2.05) is 11.0 Å². The molecule has 0 spiro atoms. The van der Waals surface area contributed by atoms with Crippen LogP contribution in [0.4, 0.5) is 0 Å². The monoisotopic (exact) mass is 354 g/mol. The van der Waals surface area contributed by atoms with Crippen molar-refractivity contribution >= 4 is 27.7 Å². The molecule has 0 saturated carbocycles. The first-order valence-electron chi connectivity index (χ1n) is 7.02. The van der Waals surface area contributed by atoms with E-state index in [0.29, 0.717) is 16.6 Å². The number of hydrogen-bond donors (Lipinski definition) is 2. The first-order chi connectivity index (χ1) is 10.1. The molecule has 2 amide bonds. The van der Waals surface area contributed by atoms with Crippen molar-refractivity contribution in [3.05, 3.63) is 34.3 Å². The number of rotatable bonds is 4. The van der Waals surface area contributed by atoms with E-state index in [1.54, 1.807) is 18.2 Å². The third-order valence-corrected chi connectivity index (χ3v) is 4.29. The Morgan fingerprint density at radius 1 is 1.38 bits per heavy atom. The van der Waals surface area contributed by atoms with Crippen LogP contribution < -0.4 is 5.32 Å². The number of halogens is 1. The van der Waals surface area contributed by atoms with Crippen LogP contribution in [0.5, 0.6) is 0 Å². The molecule has 0 aromatic heterocycles. The first kappa shape index (κ1) is 16.1. The maximum absolute atomic E-state index is 12.0. The van der Waals surface area contributed by atoms with Gasteiger partial charge in [-0.15, -0.1) is 0 Å². The highest BCUT2D eigenvalue weighted by Gasteiger charge is 2.22. The number of benzene rings is 1. The smallest absolute Gasteiger partial charge is 0.259 e. The quantitative estimate of drug-likeness (QED) is 0.857. The van der Waals surface area contributed by atoms with Gasteiger partial charge >= 0.3 is 0 Å². The number of likely N-dealkylation sites (tertiary alicyclic amines) is 1. The van der Waals surface area contributed by atoms with Gasteiger partial charge in [0.05, 0.1) is 12.1 Å². The van der Waals surface area contributed by atoms with Gasteiger partial charge in [-0.1, -0.05) is 12.1 Å². The van der Waals surface area contributed by atoms with Crippen molar-refractivity contribution in [3.63, 3.8) is 0 Å². The van der Waals surface area contributed by atoms with E-state index in [0.717, 1.165) is 19.4 Å². The van der Waals surface area contributed by atoms with Gasteiger partial charge in [0.1, 0.15) is 0 Å². The van der Waals surface area contributed by atoms with Crippen molar-refractivity contribution in [2.45, 2.75) is 12.8 Å². The average Bonchev–Trinajstić information content (AvgIpc) is 2.47. The van der Waals surface area contributed by atoms with Gasteiger partial charge < -0.3 is 5.11 Å². The lowest BCUT2D eigenvalue weighted by atomic mass is 9.99. The molecule has 0 radical (unpaired) electrons. The summed E-state index contributed by atoms with van der Waals surface area (Å²) < 4.78 is 0.661. The molecule has 1 atom stereocenters. The van der Waals surface area contributed by atoms with Crippen LogP contribution in [0.1, 0.15) is 23.2 Å². The predicted molar refractivity (Wildman–Crippen MR) is 82.9 cm³/mol. The summed E-state index contributed by atoms with van der Waals surface area (Å²) in [6.07, 6.45) is 1.96. The maximum atomic E-state index is 12.0. The summed E-state index contributed by atoms with van der Waals surface area (Å²) in [7, 11) is 0. The summed E-state index contributed by atoms with van der Waals surface area (Å²) in [6, 6.07) is 6.98. The number of amides is 2. The van der Waals surface area contributed by atoms with Crippen LogP contribution in [-0.4, -0.2) is 48.1 Å². The number of piperidine rings is 1. The highest BCUT2D eigenvalue weighted by molar-refractivity contribution is 9.10. The summed E-state index contributed by atoms with van der Waals surface area (Å²) >= 11 is 3.29. The molecule has 21 heavy (non-hydrogen) atoms. The van der Waals surface area contributed by atoms with Crippen LogP contribution in [0.3, 0.4) is 0 Å². The van der Waals surface area contributed by atoms with E-state index in [9.17, 15) is 14.7 Å². The second-order valence-corrected chi connectivity index (χ2v) is 6.14. The Morgan fingerprint density at radius 2 is 2.14 bits per heavy atom. The molecule has 1 aromatic carbocycles. The molecule has 1 aliphatic rings. The zero-order chi connectivity index (χ0) is 15.2. The van der Waals surface area contributed by atoms with E-state index < -0.39 is 5.91 Å².